The second kappa shape index (κ2) is 7.25. The van der Waals surface area contributed by atoms with Crippen LogP contribution in [0.3, 0.4) is 0 Å². The van der Waals surface area contributed by atoms with Crippen molar-refractivity contribution in [1.82, 2.24) is 4.90 Å². The van der Waals surface area contributed by atoms with Gasteiger partial charge in [-0.15, -0.1) is 11.3 Å². The van der Waals surface area contributed by atoms with Gasteiger partial charge in [0.25, 0.3) is 0 Å². The number of aryl methyl sites for hydroxylation is 1. The zero-order chi connectivity index (χ0) is 15.4. The molecule has 1 atom stereocenters. The molecule has 1 N–H and O–H groups in total. The lowest BCUT2D eigenvalue weighted by Crippen LogP contribution is -2.40. The molecule has 2 heterocycles. The molecule has 2 aromatic rings. The number of carbonyl (C=O) groups excluding carboxylic acids is 1. The molecule has 1 saturated heterocycles. The number of aliphatic hydroxyl groups is 1. The Balaban J connectivity index is 1.51. The number of amides is 1. The van der Waals surface area contributed by atoms with Gasteiger partial charge in [0.05, 0.1) is 0 Å². The fraction of sp³-hybridized carbons (Fsp3) is 0.500. The number of piperidine rings is 1. The first-order valence-electron chi connectivity index (χ1n) is 8.11. The zero-order valence-corrected chi connectivity index (χ0v) is 13.6. The van der Waals surface area contributed by atoms with Crippen molar-refractivity contribution in [2.75, 3.05) is 19.7 Å². The lowest BCUT2D eigenvalue weighted by molar-refractivity contribution is -0.133. The van der Waals surface area contributed by atoms with Gasteiger partial charge in [-0.05, 0) is 54.0 Å². The number of aliphatic hydroxyl groups excluding tert-OH is 1. The first-order valence-corrected chi connectivity index (χ1v) is 8.99. The minimum Gasteiger partial charge on any atom is -0.396 e. The number of hydrogen-bond acceptors (Lipinski definition) is 3. The number of thiophene rings is 1. The van der Waals surface area contributed by atoms with Gasteiger partial charge in [-0.25, -0.2) is 0 Å². The van der Waals surface area contributed by atoms with E-state index in [9.17, 15) is 9.90 Å². The van der Waals surface area contributed by atoms with Gasteiger partial charge in [0.15, 0.2) is 0 Å². The highest BCUT2D eigenvalue weighted by Gasteiger charge is 2.22. The van der Waals surface area contributed by atoms with E-state index in [0.717, 1.165) is 38.8 Å². The number of fused-ring (bicyclic) bond motifs is 1. The first-order chi connectivity index (χ1) is 10.8. The fourth-order valence-electron chi connectivity index (χ4n) is 3.26. The van der Waals surface area contributed by atoms with Gasteiger partial charge in [-0.2, -0.15) is 0 Å². The van der Waals surface area contributed by atoms with Crippen LogP contribution < -0.4 is 0 Å². The van der Waals surface area contributed by atoms with Crippen molar-refractivity contribution in [3.8, 4) is 0 Å². The van der Waals surface area contributed by atoms with Gasteiger partial charge < -0.3 is 10.0 Å². The maximum Gasteiger partial charge on any atom is 0.222 e. The van der Waals surface area contributed by atoms with Gasteiger partial charge in [0, 0.05) is 30.8 Å². The molecule has 0 radical (unpaired) electrons. The van der Waals surface area contributed by atoms with E-state index in [0.29, 0.717) is 6.42 Å². The normalized spacial score (nSPS) is 18.8. The van der Waals surface area contributed by atoms with Crippen molar-refractivity contribution in [1.29, 1.82) is 0 Å². The van der Waals surface area contributed by atoms with Crippen LogP contribution in [0.25, 0.3) is 10.1 Å². The van der Waals surface area contributed by atoms with E-state index in [1.165, 1.54) is 15.6 Å². The Morgan fingerprint density at radius 2 is 2.23 bits per heavy atom. The second-order valence-corrected chi connectivity index (χ2v) is 7.05. The van der Waals surface area contributed by atoms with Crippen molar-refractivity contribution in [3.63, 3.8) is 0 Å². The van der Waals surface area contributed by atoms with Crippen LogP contribution in [0, 0.1) is 5.92 Å². The quantitative estimate of drug-likeness (QED) is 0.917. The Morgan fingerprint density at radius 1 is 1.36 bits per heavy atom. The molecule has 1 fully saturated rings. The maximum absolute atomic E-state index is 12.3. The molecular formula is C18H23NO2S. The molecule has 1 aromatic carbocycles. The average Bonchev–Trinajstić information content (AvgIpc) is 2.98. The van der Waals surface area contributed by atoms with Crippen molar-refractivity contribution >= 4 is 27.3 Å². The summed E-state index contributed by atoms with van der Waals surface area (Å²) in [5.41, 5.74) is 1.36. The second-order valence-electron chi connectivity index (χ2n) is 6.14. The molecule has 118 valence electrons. The van der Waals surface area contributed by atoms with E-state index in [2.05, 4.69) is 29.6 Å². The number of benzene rings is 1. The van der Waals surface area contributed by atoms with Crippen molar-refractivity contribution < 1.29 is 9.90 Å². The molecular weight excluding hydrogens is 294 g/mol. The molecule has 0 spiro atoms. The molecule has 3 nitrogen and oxygen atoms in total. The maximum atomic E-state index is 12.3. The third-order valence-corrected chi connectivity index (χ3v) is 5.54. The third kappa shape index (κ3) is 3.50. The van der Waals surface area contributed by atoms with E-state index in [1.807, 2.05) is 4.90 Å². The zero-order valence-electron chi connectivity index (χ0n) is 12.8. The van der Waals surface area contributed by atoms with E-state index in [4.69, 9.17) is 0 Å². The number of likely N-dealkylation sites (tertiary alicyclic amines) is 1. The standard InChI is InChI=1S/C18H23NO2S/c20-12-14-5-4-10-19(11-14)18(21)9-3-6-15-13-22-17-8-2-1-7-16(15)17/h1-2,7-8,13-14,20H,3-6,9-12H2. The van der Waals surface area contributed by atoms with Crippen LogP contribution in [0.2, 0.25) is 0 Å². The molecule has 3 rings (SSSR count). The molecule has 22 heavy (non-hydrogen) atoms. The molecule has 1 unspecified atom stereocenters. The summed E-state index contributed by atoms with van der Waals surface area (Å²) in [5.74, 6) is 0.524. The smallest absolute Gasteiger partial charge is 0.222 e. The predicted molar refractivity (Wildman–Crippen MR) is 91.2 cm³/mol. The summed E-state index contributed by atoms with van der Waals surface area (Å²) in [6.45, 7) is 1.79. The van der Waals surface area contributed by atoms with Gasteiger partial charge >= 0.3 is 0 Å². The number of rotatable bonds is 5. The first kappa shape index (κ1) is 15.5. The van der Waals surface area contributed by atoms with Crippen LogP contribution in [-0.2, 0) is 11.2 Å². The molecule has 1 aliphatic rings. The Kier molecular flexibility index (Phi) is 5.11. The number of nitrogens with zero attached hydrogens (tertiary/aromatic N) is 1. The Bertz CT molecular complexity index is 637. The highest BCUT2D eigenvalue weighted by atomic mass is 32.1. The van der Waals surface area contributed by atoms with Crippen LogP contribution in [-0.4, -0.2) is 35.6 Å². The fourth-order valence-corrected chi connectivity index (χ4v) is 4.25. The van der Waals surface area contributed by atoms with E-state index in [-0.39, 0.29) is 18.4 Å². The van der Waals surface area contributed by atoms with Crippen LogP contribution in [0.15, 0.2) is 29.6 Å². The molecule has 1 aromatic heterocycles. The Labute approximate surface area is 135 Å². The monoisotopic (exact) mass is 317 g/mol. The summed E-state index contributed by atoms with van der Waals surface area (Å²) in [7, 11) is 0. The van der Waals surface area contributed by atoms with Crippen LogP contribution in [0.4, 0.5) is 0 Å². The predicted octanol–water partition coefficient (Wildman–Crippen LogP) is 3.45. The number of hydrogen-bond donors (Lipinski definition) is 1. The van der Waals surface area contributed by atoms with Gasteiger partial charge in [0.2, 0.25) is 5.91 Å². The summed E-state index contributed by atoms with van der Waals surface area (Å²) in [4.78, 5) is 14.2. The number of carbonyl (C=O) groups is 1. The summed E-state index contributed by atoms with van der Waals surface area (Å²) >= 11 is 1.78. The van der Waals surface area contributed by atoms with Gasteiger partial charge in [-0.1, -0.05) is 18.2 Å². The Morgan fingerprint density at radius 3 is 3.09 bits per heavy atom. The van der Waals surface area contributed by atoms with Gasteiger partial charge in [0.1, 0.15) is 0 Å². The summed E-state index contributed by atoms with van der Waals surface area (Å²) in [6.07, 6.45) is 4.54. The van der Waals surface area contributed by atoms with Crippen molar-refractivity contribution in [2.24, 2.45) is 5.92 Å². The van der Waals surface area contributed by atoms with Gasteiger partial charge in [-0.3, -0.25) is 4.79 Å². The van der Waals surface area contributed by atoms with Crippen molar-refractivity contribution in [2.45, 2.75) is 32.1 Å². The Hall–Kier alpha value is -1.39. The lowest BCUT2D eigenvalue weighted by atomic mass is 9.98. The summed E-state index contributed by atoms with van der Waals surface area (Å²) < 4.78 is 1.32. The SMILES string of the molecule is O=C(CCCc1csc2ccccc12)N1CCCC(CO)C1. The summed E-state index contributed by atoms with van der Waals surface area (Å²) in [6, 6.07) is 8.46. The highest BCUT2D eigenvalue weighted by molar-refractivity contribution is 7.17. The van der Waals surface area contributed by atoms with E-state index in [1.54, 1.807) is 11.3 Å². The lowest BCUT2D eigenvalue weighted by Gasteiger charge is -2.32. The minimum absolute atomic E-state index is 0.199. The van der Waals surface area contributed by atoms with Crippen LogP contribution in [0.1, 0.15) is 31.2 Å². The molecule has 4 heteroatoms. The van der Waals surface area contributed by atoms with E-state index >= 15 is 0 Å². The van der Waals surface area contributed by atoms with Crippen molar-refractivity contribution in [3.05, 3.63) is 35.2 Å². The molecule has 0 saturated carbocycles. The molecule has 0 bridgehead atoms. The average molecular weight is 317 g/mol. The third-order valence-electron chi connectivity index (χ3n) is 4.53. The molecule has 0 aliphatic carbocycles. The highest BCUT2D eigenvalue weighted by Crippen LogP contribution is 2.27. The molecule has 1 amide bonds. The summed E-state index contributed by atoms with van der Waals surface area (Å²) in [5, 5.41) is 12.8. The van der Waals surface area contributed by atoms with E-state index < -0.39 is 0 Å². The minimum atomic E-state index is 0.199. The van der Waals surface area contributed by atoms with Crippen LogP contribution in [0.5, 0.6) is 0 Å². The topological polar surface area (TPSA) is 40.5 Å². The largest absolute Gasteiger partial charge is 0.396 e. The molecule has 1 aliphatic heterocycles. The van der Waals surface area contributed by atoms with Crippen LogP contribution >= 0.6 is 11.3 Å².